The fourth-order valence-electron chi connectivity index (χ4n) is 3.82. The summed E-state index contributed by atoms with van der Waals surface area (Å²) in [6.45, 7) is 1.96. The van der Waals surface area contributed by atoms with Gasteiger partial charge < -0.3 is 5.11 Å². The van der Waals surface area contributed by atoms with Gasteiger partial charge in [-0.05, 0) is 48.9 Å². The average Bonchev–Trinajstić information content (AvgIpc) is 3.33. The van der Waals surface area contributed by atoms with Crippen LogP contribution in [0.4, 0.5) is 5.13 Å². The number of para-hydroxylation sites is 1. The Hall–Kier alpha value is -3.48. The average molecular weight is 461 g/mol. The minimum Gasteiger partial charge on any atom is -0.507 e. The Morgan fingerprint density at radius 3 is 2.38 bits per heavy atom. The second kappa shape index (κ2) is 7.89. The highest BCUT2D eigenvalue weighted by molar-refractivity contribution is 7.22. The van der Waals surface area contributed by atoms with Gasteiger partial charge in [-0.2, -0.15) is 0 Å². The molecule has 32 heavy (non-hydrogen) atoms. The van der Waals surface area contributed by atoms with Crippen LogP contribution in [-0.2, 0) is 9.59 Å². The van der Waals surface area contributed by atoms with Gasteiger partial charge in [-0.25, -0.2) is 4.98 Å². The molecule has 0 bridgehead atoms. The number of hydrogen-bond donors (Lipinski definition) is 1. The molecule has 4 aromatic rings. The van der Waals surface area contributed by atoms with Gasteiger partial charge in [-0.15, -0.1) is 0 Å². The summed E-state index contributed by atoms with van der Waals surface area (Å²) < 4.78 is 0.907. The van der Waals surface area contributed by atoms with Crippen molar-refractivity contribution >= 4 is 55.7 Å². The van der Waals surface area contributed by atoms with Crippen LogP contribution in [0.25, 0.3) is 16.0 Å². The summed E-state index contributed by atoms with van der Waals surface area (Å²) in [5.41, 5.74) is 2.94. The Balaban J connectivity index is 1.73. The number of carbonyl (C=O) groups excluding carboxylic acids is 2. The molecular formula is C25H17ClN2O3S. The number of ketones is 1. The van der Waals surface area contributed by atoms with Crippen molar-refractivity contribution in [1.29, 1.82) is 0 Å². The molecule has 1 aromatic heterocycles. The third kappa shape index (κ3) is 3.38. The molecule has 3 aromatic carbocycles. The minimum absolute atomic E-state index is 0.0282. The maximum absolute atomic E-state index is 13.2. The van der Waals surface area contributed by atoms with E-state index in [1.807, 2.05) is 55.5 Å². The number of thiazole rings is 1. The van der Waals surface area contributed by atoms with Gasteiger partial charge in [0.05, 0.1) is 21.8 Å². The zero-order valence-corrected chi connectivity index (χ0v) is 18.5. The van der Waals surface area contributed by atoms with Crippen molar-refractivity contribution in [1.82, 2.24) is 4.98 Å². The van der Waals surface area contributed by atoms with Crippen molar-refractivity contribution in [2.24, 2.45) is 0 Å². The van der Waals surface area contributed by atoms with Gasteiger partial charge in [0.15, 0.2) is 5.13 Å². The molecule has 1 amide bonds. The maximum Gasteiger partial charge on any atom is 0.301 e. The van der Waals surface area contributed by atoms with Crippen LogP contribution in [0.1, 0.15) is 22.7 Å². The first kappa shape index (κ1) is 20.4. The molecule has 1 fully saturated rings. The molecule has 0 spiro atoms. The lowest BCUT2D eigenvalue weighted by Crippen LogP contribution is -2.29. The lowest BCUT2D eigenvalue weighted by atomic mass is 9.95. The van der Waals surface area contributed by atoms with Crippen LogP contribution in [0.5, 0.6) is 0 Å². The van der Waals surface area contributed by atoms with Crippen LogP contribution in [0.15, 0.2) is 78.4 Å². The molecular weight excluding hydrogens is 444 g/mol. The second-order valence-corrected chi connectivity index (χ2v) is 9.00. The van der Waals surface area contributed by atoms with Crippen molar-refractivity contribution in [2.45, 2.75) is 13.0 Å². The molecule has 1 aliphatic heterocycles. The highest BCUT2D eigenvalue weighted by Crippen LogP contribution is 2.44. The number of rotatable bonds is 3. The Kier molecular flexibility index (Phi) is 5.04. The van der Waals surface area contributed by atoms with Crippen molar-refractivity contribution in [3.63, 3.8) is 0 Å². The molecule has 1 atom stereocenters. The van der Waals surface area contributed by atoms with Crippen LogP contribution < -0.4 is 4.90 Å². The third-order valence-electron chi connectivity index (χ3n) is 5.44. The topological polar surface area (TPSA) is 70.5 Å². The number of aryl methyl sites for hydroxylation is 1. The number of halogens is 1. The highest BCUT2D eigenvalue weighted by Gasteiger charge is 2.48. The summed E-state index contributed by atoms with van der Waals surface area (Å²) >= 11 is 7.31. The molecule has 1 N–H and O–H groups in total. The van der Waals surface area contributed by atoms with E-state index in [1.165, 1.54) is 16.2 Å². The predicted octanol–water partition coefficient (Wildman–Crippen LogP) is 5.88. The Morgan fingerprint density at radius 1 is 1.00 bits per heavy atom. The number of hydrogen-bond acceptors (Lipinski definition) is 5. The molecule has 1 unspecified atom stereocenters. The standard InChI is InChI=1S/C25H17ClN2O3S/c1-14-6-8-15(9-7-14)21-20(22(29)16-10-12-17(26)13-11-16)23(30)24(31)28(21)25-27-18-4-2-3-5-19(18)32-25/h2-13,21,29H,1H3/b22-20-. The van der Waals surface area contributed by atoms with Crippen molar-refractivity contribution < 1.29 is 14.7 Å². The first-order valence-corrected chi connectivity index (χ1v) is 11.1. The summed E-state index contributed by atoms with van der Waals surface area (Å²) in [5, 5.41) is 12.0. The number of amides is 1. The van der Waals surface area contributed by atoms with E-state index in [4.69, 9.17) is 11.6 Å². The highest BCUT2D eigenvalue weighted by atomic mass is 35.5. The number of aromatic nitrogens is 1. The number of benzene rings is 3. The molecule has 0 saturated carbocycles. The summed E-state index contributed by atoms with van der Waals surface area (Å²) in [6, 6.07) is 20.8. The summed E-state index contributed by atoms with van der Waals surface area (Å²) in [7, 11) is 0. The van der Waals surface area contributed by atoms with Crippen molar-refractivity contribution in [3.8, 4) is 0 Å². The molecule has 5 nitrogen and oxygen atoms in total. The van der Waals surface area contributed by atoms with E-state index < -0.39 is 17.7 Å². The summed E-state index contributed by atoms with van der Waals surface area (Å²) in [6.07, 6.45) is 0. The second-order valence-electron chi connectivity index (χ2n) is 7.55. The Labute approximate surface area is 193 Å². The molecule has 1 saturated heterocycles. The van der Waals surface area contributed by atoms with Gasteiger partial charge in [-0.1, -0.05) is 64.9 Å². The van der Waals surface area contributed by atoms with Gasteiger partial charge >= 0.3 is 5.91 Å². The number of nitrogens with zero attached hydrogens (tertiary/aromatic N) is 2. The Morgan fingerprint density at radius 2 is 1.69 bits per heavy atom. The van der Waals surface area contributed by atoms with Crippen molar-refractivity contribution in [3.05, 3.63) is 100 Å². The fourth-order valence-corrected chi connectivity index (χ4v) is 4.94. The van der Waals surface area contributed by atoms with Gasteiger partial charge in [0.25, 0.3) is 5.78 Å². The van der Waals surface area contributed by atoms with Gasteiger partial charge in [0.2, 0.25) is 0 Å². The van der Waals surface area contributed by atoms with E-state index in [9.17, 15) is 14.7 Å². The van der Waals surface area contributed by atoms with E-state index in [1.54, 1.807) is 24.3 Å². The zero-order valence-electron chi connectivity index (χ0n) is 16.9. The van der Waals surface area contributed by atoms with E-state index in [-0.39, 0.29) is 11.3 Å². The van der Waals surface area contributed by atoms with E-state index in [0.29, 0.717) is 21.3 Å². The third-order valence-corrected chi connectivity index (χ3v) is 6.73. The SMILES string of the molecule is Cc1ccc(C2/C(=C(/O)c3ccc(Cl)cc3)C(=O)C(=O)N2c2nc3ccccc3s2)cc1. The number of anilines is 1. The minimum atomic E-state index is -0.799. The lowest BCUT2D eigenvalue weighted by molar-refractivity contribution is -0.132. The molecule has 0 aliphatic carbocycles. The van der Waals surface area contributed by atoms with Gasteiger partial charge in [-0.3, -0.25) is 14.5 Å². The van der Waals surface area contributed by atoms with E-state index in [0.717, 1.165) is 15.8 Å². The summed E-state index contributed by atoms with van der Waals surface area (Å²) in [4.78, 5) is 32.4. The smallest absolute Gasteiger partial charge is 0.301 e. The molecule has 1 aliphatic rings. The Bertz CT molecular complexity index is 1360. The molecule has 5 rings (SSSR count). The summed E-state index contributed by atoms with van der Waals surface area (Å²) in [5.74, 6) is -1.71. The number of aliphatic hydroxyl groups excluding tert-OH is 1. The number of Topliss-reactive ketones (excluding diaryl/α,β-unsaturated/α-hetero) is 1. The lowest BCUT2D eigenvalue weighted by Gasteiger charge is -2.23. The fraction of sp³-hybridized carbons (Fsp3) is 0.0800. The van der Waals surface area contributed by atoms with Gasteiger partial charge in [0, 0.05) is 10.6 Å². The monoisotopic (exact) mass is 460 g/mol. The van der Waals surface area contributed by atoms with Crippen LogP contribution >= 0.6 is 22.9 Å². The van der Waals surface area contributed by atoms with Crippen molar-refractivity contribution in [2.75, 3.05) is 4.90 Å². The molecule has 158 valence electrons. The normalized spacial score (nSPS) is 17.9. The van der Waals surface area contributed by atoms with E-state index >= 15 is 0 Å². The molecule has 2 heterocycles. The van der Waals surface area contributed by atoms with Crippen LogP contribution in [-0.4, -0.2) is 21.8 Å². The van der Waals surface area contributed by atoms with Crippen LogP contribution in [0, 0.1) is 6.92 Å². The largest absolute Gasteiger partial charge is 0.507 e. The number of fused-ring (bicyclic) bond motifs is 1. The number of aliphatic hydroxyl groups is 1. The van der Waals surface area contributed by atoms with Crippen LogP contribution in [0.2, 0.25) is 5.02 Å². The zero-order chi connectivity index (χ0) is 22.4. The maximum atomic E-state index is 13.2. The first-order valence-electron chi connectivity index (χ1n) is 9.93. The van der Waals surface area contributed by atoms with E-state index in [2.05, 4.69) is 4.98 Å². The quantitative estimate of drug-likeness (QED) is 0.235. The first-order chi connectivity index (χ1) is 15.4. The van der Waals surface area contributed by atoms with Gasteiger partial charge in [0.1, 0.15) is 5.76 Å². The molecule has 7 heteroatoms. The van der Waals surface area contributed by atoms with Crippen LogP contribution in [0.3, 0.4) is 0 Å². The molecule has 0 radical (unpaired) electrons. The number of carbonyl (C=O) groups is 2. The predicted molar refractivity (Wildman–Crippen MR) is 127 cm³/mol.